The minimum Gasteiger partial charge on any atom is -0.390 e. The van der Waals surface area contributed by atoms with Gasteiger partial charge in [0, 0.05) is 6.54 Å². The summed E-state index contributed by atoms with van der Waals surface area (Å²) in [6.07, 6.45) is 2.05. The number of rotatable bonds is 3. The molecule has 0 radical (unpaired) electrons. The van der Waals surface area contributed by atoms with Crippen molar-refractivity contribution in [2.75, 3.05) is 19.6 Å². The van der Waals surface area contributed by atoms with E-state index >= 15 is 0 Å². The quantitative estimate of drug-likeness (QED) is 0.866. The van der Waals surface area contributed by atoms with Gasteiger partial charge in [-0.1, -0.05) is 0 Å². The number of ketones is 1. The van der Waals surface area contributed by atoms with Gasteiger partial charge >= 0.3 is 0 Å². The number of hydrogen-bond donors (Lipinski definition) is 1. The first-order valence-corrected chi connectivity index (χ1v) is 6.80. The first kappa shape index (κ1) is 15.1. The number of carbonyl (C=O) groups is 1. The van der Waals surface area contributed by atoms with Gasteiger partial charge in [-0.3, -0.25) is 9.69 Å². The first-order valence-electron chi connectivity index (χ1n) is 6.80. The van der Waals surface area contributed by atoms with Gasteiger partial charge in [-0.2, -0.15) is 0 Å². The molecule has 0 aromatic heterocycles. The second-order valence-corrected chi connectivity index (χ2v) is 5.67. The van der Waals surface area contributed by atoms with Gasteiger partial charge < -0.3 is 5.11 Å². The van der Waals surface area contributed by atoms with Crippen molar-refractivity contribution in [3.63, 3.8) is 0 Å². The summed E-state index contributed by atoms with van der Waals surface area (Å²) < 4.78 is 26.6. The van der Waals surface area contributed by atoms with E-state index in [1.54, 1.807) is 6.92 Å². The highest BCUT2D eigenvalue weighted by molar-refractivity contribution is 5.97. The van der Waals surface area contributed by atoms with Crippen LogP contribution in [0.5, 0.6) is 0 Å². The van der Waals surface area contributed by atoms with Crippen LogP contribution in [0.15, 0.2) is 18.2 Å². The first-order chi connectivity index (χ1) is 9.37. The largest absolute Gasteiger partial charge is 0.390 e. The number of nitrogens with zero attached hydrogens (tertiary/aromatic N) is 1. The highest BCUT2D eigenvalue weighted by Gasteiger charge is 2.26. The molecule has 1 N–H and O–H groups in total. The topological polar surface area (TPSA) is 40.5 Å². The van der Waals surface area contributed by atoms with Crippen LogP contribution in [0, 0.1) is 11.6 Å². The summed E-state index contributed by atoms with van der Waals surface area (Å²) in [5.41, 5.74) is -0.914. The van der Waals surface area contributed by atoms with Gasteiger partial charge in [0.2, 0.25) is 0 Å². The van der Waals surface area contributed by atoms with Crippen molar-refractivity contribution in [1.29, 1.82) is 0 Å². The third-order valence-corrected chi connectivity index (χ3v) is 3.75. The fraction of sp³-hybridized carbons (Fsp3) is 0.533. The highest BCUT2D eigenvalue weighted by atomic mass is 19.1. The van der Waals surface area contributed by atoms with E-state index in [0.717, 1.165) is 24.6 Å². The summed E-state index contributed by atoms with van der Waals surface area (Å²) in [6.45, 7) is 3.09. The van der Waals surface area contributed by atoms with Gasteiger partial charge in [-0.15, -0.1) is 0 Å². The average molecular weight is 283 g/mol. The van der Waals surface area contributed by atoms with E-state index in [1.807, 2.05) is 4.90 Å². The lowest BCUT2D eigenvalue weighted by atomic mass is 9.98. The third-order valence-electron chi connectivity index (χ3n) is 3.75. The molecular weight excluding hydrogens is 264 g/mol. The van der Waals surface area contributed by atoms with Gasteiger partial charge in [0.25, 0.3) is 0 Å². The predicted octanol–water partition coefficient (Wildman–Crippen LogP) is 2.38. The Morgan fingerprint density at radius 3 is 2.85 bits per heavy atom. The molecule has 0 aliphatic carbocycles. The Morgan fingerprint density at radius 2 is 2.10 bits per heavy atom. The molecule has 1 atom stereocenters. The predicted molar refractivity (Wildman–Crippen MR) is 71.6 cm³/mol. The maximum atomic E-state index is 13.5. The SMILES string of the molecule is CC1(O)CCCN(CC(=O)c2cc(F)ccc2F)CC1. The molecule has 3 nitrogen and oxygen atoms in total. The van der Waals surface area contributed by atoms with E-state index < -0.39 is 23.0 Å². The molecule has 1 heterocycles. The Hall–Kier alpha value is -1.33. The third kappa shape index (κ3) is 3.84. The minimum absolute atomic E-state index is 0.0520. The molecule has 0 bridgehead atoms. The minimum atomic E-state index is -0.706. The fourth-order valence-electron chi connectivity index (χ4n) is 2.48. The average Bonchev–Trinajstić information content (AvgIpc) is 2.54. The smallest absolute Gasteiger partial charge is 0.179 e. The Morgan fingerprint density at radius 1 is 1.35 bits per heavy atom. The summed E-state index contributed by atoms with van der Waals surface area (Å²) in [5.74, 6) is -1.74. The standard InChI is InChI=1S/C15H19F2NO2/c1-15(20)5-2-7-18(8-6-15)10-14(19)12-9-11(16)3-4-13(12)17/h3-4,9,20H,2,5-8,10H2,1H3. The van der Waals surface area contributed by atoms with Crippen molar-refractivity contribution in [2.45, 2.75) is 31.8 Å². The maximum absolute atomic E-state index is 13.5. The molecule has 0 amide bonds. The Kier molecular flexibility index (Phi) is 4.50. The van der Waals surface area contributed by atoms with E-state index in [0.29, 0.717) is 25.9 Å². The van der Waals surface area contributed by atoms with E-state index in [1.165, 1.54) is 0 Å². The Labute approximate surface area is 117 Å². The summed E-state index contributed by atoms with van der Waals surface area (Å²) in [6, 6.07) is 2.90. The molecule has 1 aliphatic rings. The molecule has 1 unspecified atom stereocenters. The van der Waals surface area contributed by atoms with Gasteiger partial charge in [0.1, 0.15) is 11.6 Å². The zero-order chi connectivity index (χ0) is 14.8. The number of halogens is 2. The van der Waals surface area contributed by atoms with Gasteiger partial charge in [0.15, 0.2) is 5.78 Å². The number of aliphatic hydroxyl groups is 1. The van der Waals surface area contributed by atoms with Gasteiger partial charge in [-0.25, -0.2) is 8.78 Å². The lowest BCUT2D eigenvalue weighted by Gasteiger charge is -2.22. The summed E-state index contributed by atoms with van der Waals surface area (Å²) in [5, 5.41) is 9.98. The van der Waals surface area contributed by atoms with Crippen LogP contribution < -0.4 is 0 Å². The lowest BCUT2D eigenvalue weighted by molar-refractivity contribution is 0.0444. The fourth-order valence-corrected chi connectivity index (χ4v) is 2.48. The molecule has 1 aliphatic heterocycles. The number of carbonyl (C=O) groups excluding carboxylic acids is 1. The van der Waals surface area contributed by atoms with Crippen LogP contribution in [-0.4, -0.2) is 41.0 Å². The number of benzene rings is 1. The van der Waals surface area contributed by atoms with Crippen molar-refractivity contribution >= 4 is 5.78 Å². The number of Topliss-reactive ketones (excluding diaryl/α,β-unsaturated/α-hetero) is 1. The van der Waals surface area contributed by atoms with E-state index in [9.17, 15) is 18.7 Å². The molecule has 110 valence electrons. The number of likely N-dealkylation sites (tertiary alicyclic amines) is 1. The highest BCUT2D eigenvalue weighted by Crippen LogP contribution is 2.21. The maximum Gasteiger partial charge on any atom is 0.179 e. The Balaban J connectivity index is 2.02. The van der Waals surface area contributed by atoms with Crippen LogP contribution in [-0.2, 0) is 0 Å². The van der Waals surface area contributed by atoms with E-state index in [2.05, 4.69) is 0 Å². The van der Waals surface area contributed by atoms with E-state index in [4.69, 9.17) is 0 Å². The lowest BCUT2D eigenvalue weighted by Crippen LogP contribution is -2.32. The van der Waals surface area contributed by atoms with Crippen LogP contribution >= 0.6 is 0 Å². The summed E-state index contributed by atoms with van der Waals surface area (Å²) in [4.78, 5) is 13.9. The van der Waals surface area contributed by atoms with Crippen molar-refractivity contribution in [3.05, 3.63) is 35.4 Å². The molecule has 0 saturated carbocycles. The zero-order valence-electron chi connectivity index (χ0n) is 11.5. The molecule has 1 aromatic rings. The molecule has 0 spiro atoms. The molecular formula is C15H19F2NO2. The van der Waals surface area contributed by atoms with Crippen LogP contribution in [0.25, 0.3) is 0 Å². The molecule has 1 aromatic carbocycles. The molecule has 1 fully saturated rings. The molecule has 2 rings (SSSR count). The van der Waals surface area contributed by atoms with Crippen molar-refractivity contribution in [3.8, 4) is 0 Å². The summed E-state index contributed by atoms with van der Waals surface area (Å²) >= 11 is 0. The molecule has 1 saturated heterocycles. The molecule has 20 heavy (non-hydrogen) atoms. The normalized spacial score (nSPS) is 24.4. The monoisotopic (exact) mass is 283 g/mol. The Bertz CT molecular complexity index is 503. The van der Waals surface area contributed by atoms with Gasteiger partial charge in [-0.05, 0) is 50.9 Å². The van der Waals surface area contributed by atoms with Crippen LogP contribution in [0.4, 0.5) is 8.78 Å². The van der Waals surface area contributed by atoms with Crippen LogP contribution in [0.3, 0.4) is 0 Å². The van der Waals surface area contributed by atoms with Crippen molar-refractivity contribution in [1.82, 2.24) is 4.90 Å². The zero-order valence-corrected chi connectivity index (χ0v) is 11.5. The van der Waals surface area contributed by atoms with Crippen LogP contribution in [0.1, 0.15) is 36.5 Å². The number of hydrogen-bond acceptors (Lipinski definition) is 3. The summed E-state index contributed by atoms with van der Waals surface area (Å²) in [7, 11) is 0. The van der Waals surface area contributed by atoms with Gasteiger partial charge in [0.05, 0.1) is 17.7 Å². The second-order valence-electron chi connectivity index (χ2n) is 5.67. The molecule has 5 heteroatoms. The van der Waals surface area contributed by atoms with Crippen molar-refractivity contribution < 1.29 is 18.7 Å². The van der Waals surface area contributed by atoms with Crippen molar-refractivity contribution in [2.24, 2.45) is 0 Å². The van der Waals surface area contributed by atoms with Crippen LogP contribution in [0.2, 0.25) is 0 Å². The van der Waals surface area contributed by atoms with E-state index in [-0.39, 0.29) is 12.1 Å². The second kappa shape index (κ2) is 5.97.